The van der Waals surface area contributed by atoms with E-state index in [1.54, 1.807) is 0 Å². The van der Waals surface area contributed by atoms with E-state index in [-0.39, 0.29) is 32.4 Å². The Morgan fingerprint density at radius 1 is 0.711 bits per heavy atom. The van der Waals surface area contributed by atoms with E-state index < -0.39 is 44.2 Å². The summed E-state index contributed by atoms with van der Waals surface area (Å²) in [7, 11) is -7.94. The summed E-state index contributed by atoms with van der Waals surface area (Å²) in [4.78, 5) is -0.419. The lowest BCUT2D eigenvalue weighted by Crippen LogP contribution is -2.27. The quantitative estimate of drug-likeness (QED) is 0.174. The minimum Gasteiger partial charge on any atom is -0.278 e. The van der Waals surface area contributed by atoms with Crippen molar-refractivity contribution < 1.29 is 34.4 Å². The first-order chi connectivity index (χ1) is 17.6. The van der Waals surface area contributed by atoms with Crippen molar-refractivity contribution >= 4 is 42.8 Å². The van der Waals surface area contributed by atoms with E-state index in [9.17, 15) is 34.4 Å². The van der Waals surface area contributed by atoms with Crippen LogP contribution in [0, 0.1) is 5.82 Å². The van der Waals surface area contributed by atoms with Crippen LogP contribution in [-0.2, 0) is 20.0 Å². The van der Waals surface area contributed by atoms with Gasteiger partial charge in [0.2, 0.25) is 20.0 Å². The lowest BCUT2D eigenvalue weighted by atomic mass is 10.0. The van der Waals surface area contributed by atoms with Crippen molar-refractivity contribution in [3.63, 3.8) is 0 Å². The molecule has 3 aromatic carbocycles. The number of rotatable bonds is 9. The molecule has 3 aromatic rings. The Labute approximate surface area is 215 Å². The van der Waals surface area contributed by atoms with Gasteiger partial charge in [0, 0.05) is 6.42 Å². The van der Waals surface area contributed by atoms with Crippen LogP contribution in [0.15, 0.2) is 92.8 Å². The lowest BCUT2D eigenvalue weighted by Gasteiger charge is -2.14. The predicted molar refractivity (Wildman–Crippen MR) is 134 cm³/mol. The maximum atomic E-state index is 13.8. The van der Waals surface area contributed by atoms with Gasteiger partial charge in [0.15, 0.2) is 0 Å². The van der Waals surface area contributed by atoms with Gasteiger partial charge in [0.1, 0.15) is 11.5 Å². The monoisotopic (exact) mass is 572 g/mol. The van der Waals surface area contributed by atoms with Gasteiger partial charge in [-0.05, 0) is 66.2 Å². The topological polar surface area (TPSA) is 169 Å². The minimum atomic E-state index is -4.91. The molecular formula is C22H20F4N6O4S2. The molecule has 0 aromatic heterocycles. The summed E-state index contributed by atoms with van der Waals surface area (Å²) in [5.74, 6) is -0.617. The Kier molecular flexibility index (Phi) is 8.51. The molecule has 0 bridgehead atoms. The van der Waals surface area contributed by atoms with Gasteiger partial charge in [-0.25, -0.2) is 31.5 Å². The number of benzene rings is 3. The average molecular weight is 573 g/mol. The third-order valence-electron chi connectivity index (χ3n) is 4.85. The normalized spacial score (nSPS) is 13.3. The van der Waals surface area contributed by atoms with E-state index in [4.69, 9.17) is 10.3 Å². The van der Waals surface area contributed by atoms with Crippen molar-refractivity contribution in [2.45, 2.75) is 22.4 Å². The highest BCUT2D eigenvalue weighted by Crippen LogP contribution is 2.23. The Morgan fingerprint density at radius 2 is 1.13 bits per heavy atom. The van der Waals surface area contributed by atoms with Crippen LogP contribution < -0.4 is 21.1 Å². The molecule has 0 saturated heterocycles. The summed E-state index contributed by atoms with van der Waals surface area (Å²) < 4.78 is 100. The Hall–Kier alpha value is -3.86. The zero-order chi connectivity index (χ0) is 28.1. The number of halogens is 4. The van der Waals surface area contributed by atoms with Crippen LogP contribution in [-0.4, -0.2) is 34.4 Å². The van der Waals surface area contributed by atoms with Crippen molar-refractivity contribution in [2.75, 3.05) is 10.9 Å². The lowest BCUT2D eigenvalue weighted by molar-refractivity contribution is -0.0598. The molecular weight excluding hydrogens is 552 g/mol. The number of sulfonamides is 2. The van der Waals surface area contributed by atoms with Crippen molar-refractivity contribution in [1.82, 2.24) is 0 Å². The average Bonchev–Trinajstić information content (AvgIpc) is 2.83. The summed E-state index contributed by atoms with van der Waals surface area (Å²) >= 11 is 0. The maximum Gasteiger partial charge on any atom is 0.431 e. The van der Waals surface area contributed by atoms with Crippen LogP contribution in [0.5, 0.6) is 0 Å². The fourth-order valence-corrected chi connectivity index (χ4v) is 3.94. The molecule has 0 radical (unpaired) electrons. The van der Waals surface area contributed by atoms with E-state index >= 15 is 0 Å². The van der Waals surface area contributed by atoms with E-state index in [1.807, 2.05) is 0 Å². The minimum absolute atomic E-state index is 0.0486. The second-order valence-electron chi connectivity index (χ2n) is 7.66. The summed E-state index contributed by atoms with van der Waals surface area (Å²) in [5, 5.41) is 17.5. The first-order valence-corrected chi connectivity index (χ1v) is 13.5. The zero-order valence-corrected chi connectivity index (χ0v) is 20.8. The van der Waals surface area contributed by atoms with Gasteiger partial charge in [0.25, 0.3) is 0 Å². The predicted octanol–water partition coefficient (Wildman–Crippen LogP) is 3.36. The third kappa shape index (κ3) is 8.07. The molecule has 0 spiro atoms. The van der Waals surface area contributed by atoms with Crippen LogP contribution in [0.3, 0.4) is 0 Å². The van der Waals surface area contributed by atoms with Gasteiger partial charge in [-0.15, -0.1) is 0 Å². The third-order valence-corrected chi connectivity index (χ3v) is 6.70. The Morgan fingerprint density at radius 3 is 1.53 bits per heavy atom. The van der Waals surface area contributed by atoms with E-state index in [1.165, 1.54) is 48.5 Å². The number of anilines is 2. The number of primary sulfonamides is 2. The first kappa shape index (κ1) is 28.7. The molecule has 0 aliphatic carbocycles. The van der Waals surface area contributed by atoms with E-state index in [0.29, 0.717) is 0 Å². The van der Waals surface area contributed by atoms with Gasteiger partial charge in [-0.3, -0.25) is 10.9 Å². The molecule has 0 unspecified atom stereocenters. The maximum absolute atomic E-state index is 13.8. The van der Waals surface area contributed by atoms with Crippen LogP contribution in [0.25, 0.3) is 0 Å². The van der Waals surface area contributed by atoms with Crippen molar-refractivity contribution in [1.29, 1.82) is 0 Å². The van der Waals surface area contributed by atoms with Crippen molar-refractivity contribution in [3.05, 3.63) is 84.2 Å². The summed E-state index contributed by atoms with van der Waals surface area (Å²) in [6.07, 6.45) is -5.77. The number of hydrogen-bond acceptors (Lipinski definition) is 8. The molecule has 3 rings (SSSR count). The summed E-state index contributed by atoms with van der Waals surface area (Å²) in [6, 6.07) is 14.1. The van der Waals surface area contributed by atoms with Crippen LogP contribution in [0.1, 0.15) is 12.0 Å². The molecule has 0 amide bonds. The highest BCUT2D eigenvalue weighted by Gasteiger charge is 2.37. The molecule has 202 valence electrons. The molecule has 0 saturated carbocycles. The van der Waals surface area contributed by atoms with Crippen LogP contribution in [0.4, 0.5) is 28.9 Å². The standard InChI is InChI=1S/C22H20F4N6O4S2/c23-15-3-1-14(2-4-15)20(31-29-16-5-9-18(10-6-16)37(27,33)34)13-21(22(24,25)26)32-30-17-7-11-19(12-8-17)38(28,35)36/h1-12,29-30H,13H2,(H2,27,33,34)(H2,28,35,36)/b31-20-,32-21+. The number of alkyl halides is 3. The highest BCUT2D eigenvalue weighted by atomic mass is 32.2. The molecule has 16 heteroatoms. The molecule has 0 atom stereocenters. The summed E-state index contributed by atoms with van der Waals surface area (Å²) in [5.41, 5.74) is 3.70. The Bertz CT molecular complexity index is 1560. The van der Waals surface area contributed by atoms with Gasteiger partial charge >= 0.3 is 6.18 Å². The number of nitrogens with zero attached hydrogens (tertiary/aromatic N) is 2. The largest absolute Gasteiger partial charge is 0.431 e. The van der Waals surface area contributed by atoms with Crippen LogP contribution >= 0.6 is 0 Å². The molecule has 0 aliphatic heterocycles. The fourth-order valence-electron chi connectivity index (χ4n) is 2.91. The highest BCUT2D eigenvalue weighted by molar-refractivity contribution is 7.89. The SMILES string of the molecule is NS(=O)(=O)c1ccc(N/N=C(/C/C(=N\Nc2ccc(S(N)(=O)=O)cc2)C(F)(F)F)c2ccc(F)cc2)cc1. The van der Waals surface area contributed by atoms with Crippen molar-refractivity contribution in [3.8, 4) is 0 Å². The summed E-state index contributed by atoms with van der Waals surface area (Å²) in [6.45, 7) is 0. The smallest absolute Gasteiger partial charge is 0.278 e. The molecule has 0 heterocycles. The number of hydrogen-bond donors (Lipinski definition) is 4. The van der Waals surface area contributed by atoms with Crippen LogP contribution in [0.2, 0.25) is 0 Å². The van der Waals surface area contributed by atoms with Gasteiger partial charge in [0.05, 0.1) is 26.9 Å². The fraction of sp³-hybridized carbons (Fsp3) is 0.0909. The molecule has 6 N–H and O–H groups in total. The molecule has 0 aliphatic rings. The number of hydrazone groups is 2. The second-order valence-corrected chi connectivity index (χ2v) is 10.8. The van der Waals surface area contributed by atoms with Crippen molar-refractivity contribution in [2.24, 2.45) is 20.5 Å². The number of nitrogens with two attached hydrogens (primary N) is 2. The second kappa shape index (κ2) is 11.3. The van der Waals surface area contributed by atoms with E-state index in [2.05, 4.69) is 21.1 Å². The van der Waals surface area contributed by atoms with E-state index in [0.717, 1.165) is 24.3 Å². The first-order valence-electron chi connectivity index (χ1n) is 10.4. The zero-order valence-electron chi connectivity index (χ0n) is 19.1. The van der Waals surface area contributed by atoms with Gasteiger partial charge < -0.3 is 0 Å². The Balaban J connectivity index is 1.91. The molecule has 10 nitrogen and oxygen atoms in total. The van der Waals surface area contributed by atoms with Gasteiger partial charge in [-0.2, -0.15) is 23.4 Å². The van der Waals surface area contributed by atoms with Gasteiger partial charge in [-0.1, -0.05) is 12.1 Å². The number of nitrogens with one attached hydrogen (secondary N) is 2. The molecule has 38 heavy (non-hydrogen) atoms. The molecule has 0 fully saturated rings.